The molecule has 0 amide bonds. The van der Waals surface area contributed by atoms with Crippen molar-refractivity contribution in [2.45, 2.75) is 26.3 Å². The quantitative estimate of drug-likeness (QED) is 0.600. The second-order valence-electron chi connectivity index (χ2n) is 2.68. The number of carbonyl (C=O) groups excluding carboxylic acids is 1. The predicted octanol–water partition coefficient (Wildman–Crippen LogP) is 0.859. The molecule has 60 valence electrons. The van der Waals surface area contributed by atoms with E-state index in [9.17, 15) is 4.79 Å². The minimum atomic E-state index is -0.308. The molecular formula is C7H15NOS. The molecule has 10 heavy (non-hydrogen) atoms. The molecule has 0 fully saturated rings. The maximum atomic E-state index is 11.1. The number of nitrogens with two attached hydrogens (primary N) is 1. The van der Waals surface area contributed by atoms with E-state index in [1.807, 2.05) is 13.8 Å². The monoisotopic (exact) mass is 161 g/mol. The van der Waals surface area contributed by atoms with Gasteiger partial charge in [-0.1, -0.05) is 13.8 Å². The van der Waals surface area contributed by atoms with Crippen molar-refractivity contribution < 1.29 is 4.79 Å². The predicted molar refractivity (Wildman–Crippen MR) is 46.3 cm³/mol. The third kappa shape index (κ3) is 3.22. The molecule has 0 aliphatic rings. The van der Waals surface area contributed by atoms with E-state index in [2.05, 4.69) is 12.6 Å². The molecule has 0 aromatic rings. The van der Waals surface area contributed by atoms with E-state index in [1.165, 1.54) is 0 Å². The summed E-state index contributed by atoms with van der Waals surface area (Å²) < 4.78 is 0. The largest absolute Gasteiger partial charge is 0.321 e. The zero-order valence-electron chi connectivity index (χ0n) is 6.50. The third-order valence-electron chi connectivity index (χ3n) is 1.37. The van der Waals surface area contributed by atoms with Gasteiger partial charge in [-0.05, 0) is 12.2 Å². The standard InChI is InChI=1S/C7H15NOS/c1-5(2)7(9)6(8)3-4-10/h5-6,10H,3-4,8H2,1-2H3. The molecule has 3 heteroatoms. The molecule has 0 spiro atoms. The lowest BCUT2D eigenvalue weighted by Gasteiger charge is -2.10. The summed E-state index contributed by atoms with van der Waals surface area (Å²) in [6, 6.07) is -0.308. The summed E-state index contributed by atoms with van der Waals surface area (Å²) in [6.07, 6.45) is 0.681. The molecule has 0 saturated carbocycles. The molecule has 0 aliphatic heterocycles. The van der Waals surface area contributed by atoms with E-state index in [0.29, 0.717) is 12.2 Å². The summed E-state index contributed by atoms with van der Waals surface area (Å²) in [7, 11) is 0. The number of thiol groups is 1. The van der Waals surface area contributed by atoms with Gasteiger partial charge in [0, 0.05) is 5.92 Å². The van der Waals surface area contributed by atoms with Gasteiger partial charge < -0.3 is 5.73 Å². The normalized spacial score (nSPS) is 13.7. The summed E-state index contributed by atoms with van der Waals surface area (Å²) in [5.74, 6) is 0.864. The minimum absolute atomic E-state index is 0.0508. The second-order valence-corrected chi connectivity index (χ2v) is 3.12. The van der Waals surface area contributed by atoms with Crippen LogP contribution in [0.1, 0.15) is 20.3 Å². The highest BCUT2D eigenvalue weighted by Gasteiger charge is 2.15. The van der Waals surface area contributed by atoms with Gasteiger partial charge in [-0.25, -0.2) is 0 Å². The molecule has 0 saturated heterocycles. The molecule has 0 aliphatic carbocycles. The molecule has 0 aromatic heterocycles. The van der Waals surface area contributed by atoms with Crippen LogP contribution < -0.4 is 5.73 Å². The Bertz CT molecular complexity index is 114. The Morgan fingerprint density at radius 3 is 2.40 bits per heavy atom. The number of Topliss-reactive ketones (excluding diaryl/α,β-unsaturated/α-hetero) is 1. The third-order valence-corrected chi connectivity index (χ3v) is 1.63. The van der Waals surface area contributed by atoms with Gasteiger partial charge in [0.2, 0.25) is 0 Å². The highest BCUT2D eigenvalue weighted by molar-refractivity contribution is 7.80. The molecule has 0 heterocycles. The highest BCUT2D eigenvalue weighted by Crippen LogP contribution is 2.01. The maximum Gasteiger partial charge on any atom is 0.152 e. The van der Waals surface area contributed by atoms with Crippen LogP contribution in [-0.2, 0) is 4.79 Å². The second kappa shape index (κ2) is 4.74. The Hall–Kier alpha value is -0.0200. The van der Waals surface area contributed by atoms with Crippen LogP contribution in [0.2, 0.25) is 0 Å². The fraction of sp³-hybridized carbons (Fsp3) is 0.857. The van der Waals surface area contributed by atoms with Crippen LogP contribution in [0.5, 0.6) is 0 Å². The van der Waals surface area contributed by atoms with Crippen LogP contribution in [0.4, 0.5) is 0 Å². The van der Waals surface area contributed by atoms with E-state index >= 15 is 0 Å². The van der Waals surface area contributed by atoms with Crippen molar-refractivity contribution in [2.75, 3.05) is 5.75 Å². The molecule has 0 aromatic carbocycles. The van der Waals surface area contributed by atoms with E-state index < -0.39 is 0 Å². The zero-order chi connectivity index (χ0) is 8.15. The van der Waals surface area contributed by atoms with Crippen LogP contribution in [0.15, 0.2) is 0 Å². The first-order chi connectivity index (χ1) is 4.59. The first-order valence-electron chi connectivity index (χ1n) is 3.49. The van der Waals surface area contributed by atoms with Crippen molar-refractivity contribution in [3.8, 4) is 0 Å². The van der Waals surface area contributed by atoms with Gasteiger partial charge in [-0.2, -0.15) is 12.6 Å². The van der Waals surface area contributed by atoms with E-state index in [1.54, 1.807) is 0 Å². The topological polar surface area (TPSA) is 43.1 Å². The van der Waals surface area contributed by atoms with Crippen LogP contribution in [0.25, 0.3) is 0 Å². The number of ketones is 1. The first kappa shape index (κ1) is 9.98. The van der Waals surface area contributed by atoms with Crippen LogP contribution in [0, 0.1) is 5.92 Å². The fourth-order valence-corrected chi connectivity index (χ4v) is 0.988. The van der Waals surface area contributed by atoms with Crippen molar-refractivity contribution in [3.63, 3.8) is 0 Å². The van der Waals surface area contributed by atoms with Gasteiger partial charge in [0.25, 0.3) is 0 Å². The van der Waals surface area contributed by atoms with Gasteiger partial charge in [0.15, 0.2) is 5.78 Å². The van der Waals surface area contributed by atoms with Crippen molar-refractivity contribution in [1.82, 2.24) is 0 Å². The summed E-state index contributed by atoms with van der Waals surface area (Å²) in [5.41, 5.74) is 5.53. The Balaban J connectivity index is 3.71. The summed E-state index contributed by atoms with van der Waals surface area (Å²) in [6.45, 7) is 3.72. The van der Waals surface area contributed by atoms with Crippen molar-refractivity contribution >= 4 is 18.4 Å². The van der Waals surface area contributed by atoms with Gasteiger partial charge in [0.05, 0.1) is 6.04 Å². The van der Waals surface area contributed by atoms with Gasteiger partial charge in [-0.15, -0.1) is 0 Å². The molecule has 0 rings (SSSR count). The first-order valence-corrected chi connectivity index (χ1v) is 4.13. The fourth-order valence-electron chi connectivity index (χ4n) is 0.709. The zero-order valence-corrected chi connectivity index (χ0v) is 7.40. The summed E-state index contributed by atoms with van der Waals surface area (Å²) >= 11 is 3.99. The average molecular weight is 161 g/mol. The number of hydrogen-bond acceptors (Lipinski definition) is 3. The molecule has 1 unspecified atom stereocenters. The molecule has 2 N–H and O–H groups in total. The van der Waals surface area contributed by atoms with E-state index in [0.717, 1.165) is 0 Å². The van der Waals surface area contributed by atoms with Crippen molar-refractivity contribution in [2.24, 2.45) is 11.7 Å². The average Bonchev–Trinajstić information content (AvgIpc) is 1.87. The summed E-state index contributed by atoms with van der Waals surface area (Å²) in [5, 5.41) is 0. The SMILES string of the molecule is CC(C)C(=O)C(N)CCS. The Morgan fingerprint density at radius 2 is 2.10 bits per heavy atom. The Morgan fingerprint density at radius 1 is 1.60 bits per heavy atom. The number of rotatable bonds is 4. The molecular weight excluding hydrogens is 146 g/mol. The Labute approximate surface area is 67.6 Å². The van der Waals surface area contributed by atoms with E-state index in [4.69, 9.17) is 5.73 Å². The van der Waals surface area contributed by atoms with Crippen LogP contribution in [0.3, 0.4) is 0 Å². The minimum Gasteiger partial charge on any atom is -0.321 e. The lowest BCUT2D eigenvalue weighted by molar-refractivity contribution is -0.123. The molecule has 2 nitrogen and oxygen atoms in total. The summed E-state index contributed by atoms with van der Waals surface area (Å²) in [4.78, 5) is 11.1. The Kier molecular flexibility index (Phi) is 4.73. The van der Waals surface area contributed by atoms with Crippen LogP contribution >= 0.6 is 12.6 Å². The van der Waals surface area contributed by atoms with Crippen molar-refractivity contribution in [1.29, 1.82) is 0 Å². The maximum absolute atomic E-state index is 11.1. The van der Waals surface area contributed by atoms with E-state index in [-0.39, 0.29) is 17.7 Å². The van der Waals surface area contributed by atoms with Gasteiger partial charge in [-0.3, -0.25) is 4.79 Å². The van der Waals surface area contributed by atoms with Gasteiger partial charge >= 0.3 is 0 Å². The molecule has 0 bridgehead atoms. The highest BCUT2D eigenvalue weighted by atomic mass is 32.1. The van der Waals surface area contributed by atoms with Gasteiger partial charge in [0.1, 0.15) is 0 Å². The van der Waals surface area contributed by atoms with Crippen LogP contribution in [-0.4, -0.2) is 17.6 Å². The van der Waals surface area contributed by atoms with Crippen molar-refractivity contribution in [3.05, 3.63) is 0 Å². The molecule has 0 radical (unpaired) electrons. The molecule has 1 atom stereocenters. The smallest absolute Gasteiger partial charge is 0.152 e. The lowest BCUT2D eigenvalue weighted by Crippen LogP contribution is -2.33. The number of hydrogen-bond donors (Lipinski definition) is 2. The number of carbonyl (C=O) groups is 1. The lowest BCUT2D eigenvalue weighted by atomic mass is 10.0.